The number of hydrazine groups is 1. The Morgan fingerprint density at radius 1 is 0.828 bits per heavy atom. The molecule has 0 radical (unpaired) electrons. The molecule has 8 heteroatoms. The molecule has 5 amide bonds. The lowest BCUT2D eigenvalue weighted by Crippen LogP contribution is -2.45. The minimum absolute atomic E-state index is 0.0628. The van der Waals surface area contributed by atoms with Crippen molar-refractivity contribution in [2.75, 3.05) is 6.54 Å². The summed E-state index contributed by atoms with van der Waals surface area (Å²) >= 11 is 0. The van der Waals surface area contributed by atoms with Gasteiger partial charge in [0.15, 0.2) is 0 Å². The predicted molar refractivity (Wildman–Crippen MR) is 101 cm³/mol. The Morgan fingerprint density at radius 3 is 1.97 bits per heavy atom. The normalized spacial score (nSPS) is 15.3. The molecule has 1 N–H and O–H groups in total. The molecule has 0 fully saturated rings. The maximum atomic E-state index is 12.6. The van der Waals surface area contributed by atoms with Crippen LogP contribution in [0.4, 0.5) is 0 Å². The molecule has 146 valence electrons. The summed E-state index contributed by atoms with van der Waals surface area (Å²) in [6.07, 6.45) is 0. The molecule has 0 aromatic heterocycles. The first-order chi connectivity index (χ1) is 13.8. The highest BCUT2D eigenvalue weighted by molar-refractivity contribution is 6.23. The van der Waals surface area contributed by atoms with Crippen LogP contribution in [0.1, 0.15) is 65.6 Å². The van der Waals surface area contributed by atoms with Crippen molar-refractivity contribution < 1.29 is 24.0 Å². The van der Waals surface area contributed by atoms with Gasteiger partial charge in [-0.3, -0.25) is 34.3 Å². The average Bonchev–Trinajstić information content (AvgIpc) is 3.08. The van der Waals surface area contributed by atoms with Gasteiger partial charge in [-0.1, -0.05) is 26.0 Å². The second kappa shape index (κ2) is 6.66. The molecule has 2 aliphatic heterocycles. The van der Waals surface area contributed by atoms with Gasteiger partial charge in [-0.15, -0.1) is 0 Å². The topological polar surface area (TPSA) is 104 Å². The summed E-state index contributed by atoms with van der Waals surface area (Å²) < 4.78 is 0. The summed E-state index contributed by atoms with van der Waals surface area (Å²) in [7, 11) is 0. The molecule has 4 rings (SSSR count). The number of amides is 5. The number of fused-ring (bicyclic) bond motifs is 2. The van der Waals surface area contributed by atoms with Gasteiger partial charge >= 0.3 is 0 Å². The van der Waals surface area contributed by atoms with E-state index in [4.69, 9.17) is 0 Å². The van der Waals surface area contributed by atoms with Gasteiger partial charge in [-0.25, -0.2) is 0 Å². The van der Waals surface area contributed by atoms with Crippen LogP contribution in [0.2, 0.25) is 0 Å². The Balaban J connectivity index is 1.57. The fourth-order valence-corrected chi connectivity index (χ4v) is 3.42. The summed E-state index contributed by atoms with van der Waals surface area (Å²) in [6.45, 7) is 4.07. The first-order valence-electron chi connectivity index (χ1n) is 9.08. The van der Waals surface area contributed by atoms with Crippen LogP contribution in [0.3, 0.4) is 0 Å². The van der Waals surface area contributed by atoms with E-state index in [1.54, 1.807) is 12.1 Å². The van der Waals surface area contributed by atoms with E-state index in [9.17, 15) is 24.0 Å². The molecule has 2 aromatic rings. The highest BCUT2D eigenvalue weighted by Gasteiger charge is 2.38. The summed E-state index contributed by atoms with van der Waals surface area (Å²) in [4.78, 5) is 63.5. The minimum Gasteiger partial charge on any atom is -0.274 e. The van der Waals surface area contributed by atoms with E-state index in [1.165, 1.54) is 30.3 Å². The number of hydrogen-bond donors (Lipinski definition) is 1. The van der Waals surface area contributed by atoms with Crippen molar-refractivity contribution in [3.63, 3.8) is 0 Å². The number of imide groups is 2. The molecule has 0 saturated heterocycles. The van der Waals surface area contributed by atoms with Crippen LogP contribution in [-0.4, -0.2) is 46.0 Å². The fourth-order valence-electron chi connectivity index (χ4n) is 3.42. The van der Waals surface area contributed by atoms with E-state index in [0.717, 1.165) is 4.90 Å². The third-order valence-corrected chi connectivity index (χ3v) is 4.79. The molecule has 0 saturated carbocycles. The smallest absolute Gasteiger partial charge is 0.274 e. The van der Waals surface area contributed by atoms with E-state index < -0.39 is 29.5 Å². The van der Waals surface area contributed by atoms with Crippen LogP contribution in [0, 0.1) is 5.92 Å². The zero-order valence-electron chi connectivity index (χ0n) is 15.8. The molecular formula is C21H17N3O5. The molecule has 8 nitrogen and oxygen atoms in total. The number of nitrogens with one attached hydrogen (secondary N) is 1. The monoisotopic (exact) mass is 391 g/mol. The van der Waals surface area contributed by atoms with Gasteiger partial charge in [0.05, 0.1) is 22.3 Å². The summed E-state index contributed by atoms with van der Waals surface area (Å²) in [5.41, 5.74) is 3.12. The maximum Gasteiger partial charge on any atom is 0.280 e. The summed E-state index contributed by atoms with van der Waals surface area (Å²) in [6, 6.07) is 10.4. The number of hydrogen-bond acceptors (Lipinski definition) is 5. The zero-order valence-corrected chi connectivity index (χ0v) is 15.8. The Labute approximate surface area is 166 Å². The number of carbonyl (C=O) groups excluding carboxylic acids is 5. The van der Waals surface area contributed by atoms with Gasteiger partial charge in [0.25, 0.3) is 29.5 Å². The number of nitrogens with zero attached hydrogens (tertiary/aromatic N) is 2. The summed E-state index contributed by atoms with van der Waals surface area (Å²) in [5.74, 6) is -2.75. The van der Waals surface area contributed by atoms with E-state index in [2.05, 4.69) is 5.43 Å². The Kier molecular flexibility index (Phi) is 4.26. The molecule has 0 atom stereocenters. The lowest BCUT2D eigenvalue weighted by molar-refractivity contribution is 0.0517. The lowest BCUT2D eigenvalue weighted by atomic mass is 10.1. The van der Waals surface area contributed by atoms with Crippen molar-refractivity contribution >= 4 is 29.5 Å². The van der Waals surface area contributed by atoms with Crippen molar-refractivity contribution in [1.82, 2.24) is 15.3 Å². The van der Waals surface area contributed by atoms with Crippen molar-refractivity contribution in [1.29, 1.82) is 0 Å². The van der Waals surface area contributed by atoms with E-state index in [1.807, 2.05) is 13.8 Å². The zero-order chi connectivity index (χ0) is 20.9. The van der Waals surface area contributed by atoms with Crippen LogP contribution in [0.15, 0.2) is 42.5 Å². The fraction of sp³-hybridized carbons (Fsp3) is 0.190. The van der Waals surface area contributed by atoms with Crippen molar-refractivity contribution in [2.24, 2.45) is 5.92 Å². The maximum absolute atomic E-state index is 12.6. The van der Waals surface area contributed by atoms with Crippen LogP contribution < -0.4 is 5.43 Å². The van der Waals surface area contributed by atoms with E-state index in [0.29, 0.717) is 5.01 Å². The third kappa shape index (κ3) is 2.89. The van der Waals surface area contributed by atoms with Gasteiger partial charge in [-0.05, 0) is 36.2 Å². The van der Waals surface area contributed by atoms with E-state index >= 15 is 0 Å². The lowest BCUT2D eigenvalue weighted by Gasteiger charge is -2.15. The molecule has 0 bridgehead atoms. The Hall–Kier alpha value is -3.81. The number of carbonyl (C=O) groups is 5. The second-order valence-electron chi connectivity index (χ2n) is 7.31. The van der Waals surface area contributed by atoms with Gasteiger partial charge in [0.1, 0.15) is 0 Å². The third-order valence-electron chi connectivity index (χ3n) is 4.79. The van der Waals surface area contributed by atoms with Crippen molar-refractivity contribution in [3.8, 4) is 0 Å². The summed E-state index contributed by atoms with van der Waals surface area (Å²) in [5, 5.41) is 0.651. The van der Waals surface area contributed by atoms with E-state index in [-0.39, 0.29) is 40.3 Å². The predicted octanol–water partition coefficient (Wildman–Crippen LogP) is 1.88. The minimum atomic E-state index is -0.732. The van der Waals surface area contributed by atoms with Gasteiger partial charge in [-0.2, -0.15) is 5.01 Å². The molecular weight excluding hydrogens is 374 g/mol. The molecule has 2 heterocycles. The van der Waals surface area contributed by atoms with Crippen LogP contribution >= 0.6 is 0 Å². The van der Waals surface area contributed by atoms with Gasteiger partial charge in [0, 0.05) is 12.1 Å². The quantitative estimate of drug-likeness (QED) is 0.802. The molecule has 0 spiro atoms. The second-order valence-corrected chi connectivity index (χ2v) is 7.31. The van der Waals surface area contributed by atoms with Gasteiger partial charge in [0.2, 0.25) is 0 Å². The highest BCUT2D eigenvalue weighted by atomic mass is 16.2. The average molecular weight is 391 g/mol. The Morgan fingerprint density at radius 2 is 1.38 bits per heavy atom. The molecule has 2 aliphatic rings. The van der Waals surface area contributed by atoms with Crippen LogP contribution in [-0.2, 0) is 0 Å². The van der Waals surface area contributed by atoms with Crippen LogP contribution in [0.25, 0.3) is 0 Å². The van der Waals surface area contributed by atoms with Gasteiger partial charge < -0.3 is 0 Å². The molecule has 2 aromatic carbocycles. The SMILES string of the molecule is CC(C)CN1C(=O)c2ccc(C(=O)NN3C(=O)c4ccccc4C3=O)cc2C1=O. The molecule has 0 aliphatic carbocycles. The number of rotatable bonds is 4. The van der Waals surface area contributed by atoms with Crippen molar-refractivity contribution in [2.45, 2.75) is 13.8 Å². The molecule has 29 heavy (non-hydrogen) atoms. The highest BCUT2D eigenvalue weighted by Crippen LogP contribution is 2.25. The first-order valence-corrected chi connectivity index (χ1v) is 9.08. The molecule has 0 unspecified atom stereocenters. The van der Waals surface area contributed by atoms with Crippen LogP contribution in [0.5, 0.6) is 0 Å². The largest absolute Gasteiger partial charge is 0.280 e. The number of benzene rings is 2. The van der Waals surface area contributed by atoms with Crippen molar-refractivity contribution in [3.05, 3.63) is 70.3 Å². The standard InChI is InChI=1S/C21H17N3O5/c1-11(2)10-23-18(26)15-8-7-12(9-16(15)19(23)27)17(25)22-24-20(28)13-5-3-4-6-14(13)21(24)29/h3-9,11H,10H2,1-2H3,(H,22,25). The Bertz CT molecular complexity index is 1070. The first kappa shape index (κ1) is 18.5.